The van der Waals surface area contributed by atoms with E-state index in [0.29, 0.717) is 0 Å². The lowest BCUT2D eigenvalue weighted by molar-refractivity contribution is 1.13. The van der Waals surface area contributed by atoms with Crippen molar-refractivity contribution in [2.24, 2.45) is 0 Å². The first-order valence-corrected chi connectivity index (χ1v) is 4.89. The molecule has 0 amide bonds. The van der Waals surface area contributed by atoms with Gasteiger partial charge >= 0.3 is 0 Å². The molecule has 2 rings (SSSR count). The van der Waals surface area contributed by atoms with Gasteiger partial charge in [-0.15, -0.1) is 0 Å². The van der Waals surface area contributed by atoms with Crippen molar-refractivity contribution in [3.8, 4) is 0 Å². The number of aryl methyl sites for hydroxylation is 1. The van der Waals surface area contributed by atoms with E-state index < -0.39 is 0 Å². The fourth-order valence-electron chi connectivity index (χ4n) is 1.59. The lowest BCUT2D eigenvalue weighted by Crippen LogP contribution is -2.11. The molecule has 78 valence electrons. The van der Waals surface area contributed by atoms with Gasteiger partial charge in [0.2, 0.25) is 0 Å². The summed E-state index contributed by atoms with van der Waals surface area (Å²) in [5.41, 5.74) is 2.78. The zero-order valence-electron chi connectivity index (χ0n) is 9.16. The van der Waals surface area contributed by atoms with Crippen LogP contribution in [-0.2, 0) is 0 Å². The van der Waals surface area contributed by atoms with Crippen LogP contribution in [0.3, 0.4) is 0 Å². The van der Waals surface area contributed by atoms with Crippen LogP contribution in [0.2, 0.25) is 0 Å². The van der Waals surface area contributed by atoms with Crippen LogP contribution in [0.25, 0.3) is 10.9 Å². The lowest BCUT2D eigenvalue weighted by atomic mass is 10.1. The van der Waals surface area contributed by atoms with Gasteiger partial charge in [-0.05, 0) is 25.1 Å². The minimum Gasteiger partial charge on any atom is -0.378 e. The number of H-pyrrole nitrogens is 1. The van der Waals surface area contributed by atoms with Gasteiger partial charge in [-0.3, -0.25) is 4.79 Å². The molecule has 0 aliphatic carbocycles. The number of rotatable bonds is 1. The Bertz CT molecular complexity index is 555. The smallest absolute Gasteiger partial charge is 0.192 e. The second-order valence-electron chi connectivity index (χ2n) is 3.93. The molecule has 1 aromatic heterocycles. The second kappa shape index (κ2) is 3.42. The fraction of sp³-hybridized carbons (Fsp3) is 0.250. The number of hydrogen-bond acceptors (Lipinski definition) is 2. The Morgan fingerprint density at radius 2 is 2.00 bits per heavy atom. The molecule has 0 fully saturated rings. The third-order valence-corrected chi connectivity index (χ3v) is 2.57. The largest absolute Gasteiger partial charge is 0.378 e. The topological polar surface area (TPSA) is 36.1 Å². The SMILES string of the molecule is Cc1c[nH]c2ccc(N(C)C)cc2c1=O. The summed E-state index contributed by atoms with van der Waals surface area (Å²) in [6, 6.07) is 5.85. The number of fused-ring (bicyclic) bond motifs is 1. The first-order valence-electron chi connectivity index (χ1n) is 4.89. The Labute approximate surface area is 88.3 Å². The van der Waals surface area contributed by atoms with Crippen molar-refractivity contribution < 1.29 is 0 Å². The average Bonchev–Trinajstić information content (AvgIpc) is 2.23. The molecular weight excluding hydrogens is 188 g/mol. The number of anilines is 1. The van der Waals surface area contributed by atoms with Crippen LogP contribution >= 0.6 is 0 Å². The Morgan fingerprint density at radius 1 is 1.27 bits per heavy atom. The van der Waals surface area contributed by atoms with Crippen molar-refractivity contribution in [2.75, 3.05) is 19.0 Å². The Balaban J connectivity index is 2.80. The van der Waals surface area contributed by atoms with Crippen molar-refractivity contribution in [1.29, 1.82) is 0 Å². The minimum atomic E-state index is 0.104. The summed E-state index contributed by atoms with van der Waals surface area (Å²) in [4.78, 5) is 17.0. The number of pyridine rings is 1. The molecule has 0 aliphatic heterocycles. The van der Waals surface area contributed by atoms with E-state index >= 15 is 0 Å². The van der Waals surface area contributed by atoms with Crippen LogP contribution in [0.1, 0.15) is 5.56 Å². The molecule has 3 heteroatoms. The minimum absolute atomic E-state index is 0.104. The maximum Gasteiger partial charge on any atom is 0.192 e. The molecular formula is C12H14N2O. The van der Waals surface area contributed by atoms with Gasteiger partial charge in [0.15, 0.2) is 5.43 Å². The number of hydrogen-bond donors (Lipinski definition) is 1. The number of aromatic amines is 1. The first kappa shape index (κ1) is 9.77. The molecule has 3 nitrogen and oxygen atoms in total. The number of benzene rings is 1. The summed E-state index contributed by atoms with van der Waals surface area (Å²) in [7, 11) is 3.93. The summed E-state index contributed by atoms with van der Waals surface area (Å²) in [5, 5.41) is 0.751. The normalized spacial score (nSPS) is 10.6. The van der Waals surface area contributed by atoms with Gasteiger partial charge in [0, 0.05) is 42.4 Å². The summed E-state index contributed by atoms with van der Waals surface area (Å²) < 4.78 is 0. The van der Waals surface area contributed by atoms with Gasteiger partial charge in [-0.2, -0.15) is 0 Å². The molecule has 0 atom stereocenters. The van der Waals surface area contributed by atoms with Crippen LogP contribution < -0.4 is 10.3 Å². The molecule has 1 heterocycles. The molecule has 1 aromatic carbocycles. The van der Waals surface area contributed by atoms with Gasteiger partial charge in [0.05, 0.1) is 0 Å². The predicted molar refractivity (Wildman–Crippen MR) is 63.6 cm³/mol. The zero-order valence-corrected chi connectivity index (χ0v) is 9.16. The van der Waals surface area contributed by atoms with E-state index in [2.05, 4.69) is 4.98 Å². The third kappa shape index (κ3) is 1.61. The van der Waals surface area contributed by atoms with Crippen molar-refractivity contribution in [2.45, 2.75) is 6.92 Å². The molecule has 0 saturated heterocycles. The van der Waals surface area contributed by atoms with Crippen LogP contribution in [0.4, 0.5) is 5.69 Å². The summed E-state index contributed by atoms with van der Waals surface area (Å²) in [6.07, 6.45) is 1.75. The molecule has 0 radical (unpaired) electrons. The molecule has 0 aliphatic rings. The summed E-state index contributed by atoms with van der Waals surface area (Å²) in [5.74, 6) is 0. The van der Waals surface area contributed by atoms with E-state index in [1.807, 2.05) is 44.1 Å². The highest BCUT2D eigenvalue weighted by atomic mass is 16.1. The predicted octanol–water partition coefficient (Wildman–Crippen LogP) is 1.90. The van der Waals surface area contributed by atoms with E-state index in [9.17, 15) is 4.79 Å². The quantitative estimate of drug-likeness (QED) is 0.766. The molecule has 0 saturated carbocycles. The second-order valence-corrected chi connectivity index (χ2v) is 3.93. The highest BCUT2D eigenvalue weighted by molar-refractivity contribution is 5.82. The maximum absolute atomic E-state index is 11.9. The van der Waals surface area contributed by atoms with E-state index in [0.717, 1.165) is 22.2 Å². The van der Waals surface area contributed by atoms with Crippen LogP contribution in [-0.4, -0.2) is 19.1 Å². The number of nitrogens with one attached hydrogen (secondary N) is 1. The zero-order chi connectivity index (χ0) is 11.0. The maximum atomic E-state index is 11.9. The van der Waals surface area contributed by atoms with Gasteiger partial charge in [0.1, 0.15) is 0 Å². The lowest BCUT2D eigenvalue weighted by Gasteiger charge is -2.12. The first-order chi connectivity index (χ1) is 7.09. The highest BCUT2D eigenvalue weighted by Crippen LogP contribution is 2.16. The van der Waals surface area contributed by atoms with Gasteiger partial charge < -0.3 is 9.88 Å². The fourth-order valence-corrected chi connectivity index (χ4v) is 1.59. The van der Waals surface area contributed by atoms with E-state index in [4.69, 9.17) is 0 Å². The van der Waals surface area contributed by atoms with Crippen molar-refractivity contribution in [3.63, 3.8) is 0 Å². The van der Waals surface area contributed by atoms with Crippen molar-refractivity contribution in [3.05, 3.63) is 40.2 Å². The van der Waals surface area contributed by atoms with Crippen LogP contribution in [0.15, 0.2) is 29.2 Å². The van der Waals surface area contributed by atoms with Gasteiger partial charge in [-0.1, -0.05) is 0 Å². The molecule has 2 aromatic rings. The van der Waals surface area contributed by atoms with E-state index in [-0.39, 0.29) is 5.43 Å². The van der Waals surface area contributed by atoms with Crippen molar-refractivity contribution >= 4 is 16.6 Å². The number of aromatic nitrogens is 1. The molecule has 15 heavy (non-hydrogen) atoms. The average molecular weight is 202 g/mol. The Kier molecular flexibility index (Phi) is 2.23. The van der Waals surface area contributed by atoms with Gasteiger partial charge in [0.25, 0.3) is 0 Å². The standard InChI is InChI=1S/C12H14N2O/c1-8-7-13-11-5-4-9(14(2)3)6-10(11)12(8)15/h4-7H,1-3H3,(H,13,15). The summed E-state index contributed by atoms with van der Waals surface area (Å²) in [6.45, 7) is 1.82. The molecule has 1 N–H and O–H groups in total. The van der Waals surface area contributed by atoms with E-state index in [1.54, 1.807) is 6.20 Å². The van der Waals surface area contributed by atoms with Crippen LogP contribution in [0.5, 0.6) is 0 Å². The molecule has 0 bridgehead atoms. The van der Waals surface area contributed by atoms with Crippen molar-refractivity contribution in [1.82, 2.24) is 4.98 Å². The van der Waals surface area contributed by atoms with Crippen LogP contribution in [0, 0.1) is 6.92 Å². The molecule has 0 spiro atoms. The highest BCUT2D eigenvalue weighted by Gasteiger charge is 2.03. The Hall–Kier alpha value is -1.77. The summed E-state index contributed by atoms with van der Waals surface area (Å²) >= 11 is 0. The number of nitrogens with zero attached hydrogens (tertiary/aromatic N) is 1. The van der Waals surface area contributed by atoms with Gasteiger partial charge in [-0.25, -0.2) is 0 Å². The van der Waals surface area contributed by atoms with E-state index in [1.165, 1.54) is 0 Å². The monoisotopic (exact) mass is 202 g/mol. The molecule has 0 unspecified atom stereocenters. The Morgan fingerprint density at radius 3 is 2.67 bits per heavy atom. The third-order valence-electron chi connectivity index (χ3n) is 2.57.